The molecule has 2 aromatic carbocycles. The molecule has 0 spiro atoms. The number of nitrogens with one attached hydrogen (secondary N) is 2. The van der Waals surface area contributed by atoms with Crippen LogP contribution < -0.4 is 10.6 Å². The maximum atomic E-state index is 12.9. The molecule has 170 valence electrons. The van der Waals surface area contributed by atoms with Crippen LogP contribution in [0.15, 0.2) is 57.5 Å². The van der Waals surface area contributed by atoms with E-state index >= 15 is 0 Å². The van der Waals surface area contributed by atoms with Crippen molar-refractivity contribution < 1.29 is 19.1 Å². The van der Waals surface area contributed by atoms with Crippen LogP contribution in [0.25, 0.3) is 0 Å². The van der Waals surface area contributed by atoms with Gasteiger partial charge < -0.3 is 15.4 Å². The first-order valence-corrected chi connectivity index (χ1v) is 11.8. The quantitative estimate of drug-likeness (QED) is 0.431. The van der Waals surface area contributed by atoms with Crippen LogP contribution in [0.1, 0.15) is 22.6 Å². The Morgan fingerprint density at radius 2 is 1.97 bits per heavy atom. The lowest BCUT2D eigenvalue weighted by Gasteiger charge is -2.31. The molecular formula is C24H22BrN3O4S. The van der Waals surface area contributed by atoms with Crippen LogP contribution in [0.4, 0.5) is 5.69 Å². The number of nitrogens with zero attached hydrogens (tertiary/aromatic N) is 1. The summed E-state index contributed by atoms with van der Waals surface area (Å²) < 4.78 is 5.58. The van der Waals surface area contributed by atoms with Crippen molar-refractivity contribution >= 4 is 51.2 Å². The summed E-state index contributed by atoms with van der Waals surface area (Å²) in [5.74, 6) is -3.67. The second-order valence-electron chi connectivity index (χ2n) is 7.51. The van der Waals surface area contributed by atoms with E-state index in [1.54, 1.807) is 18.2 Å². The van der Waals surface area contributed by atoms with Crippen LogP contribution >= 0.6 is 27.7 Å². The SMILES string of the molecule is COC(=O)[C@H]1C(=O)NC(SCC(=O)Nc2ccc(C)c(C)c2)=C(C#N)[C@@H]1c1cccc(Br)c1. The van der Waals surface area contributed by atoms with Crippen LogP contribution in [-0.2, 0) is 19.1 Å². The lowest BCUT2D eigenvalue weighted by Crippen LogP contribution is -2.44. The highest BCUT2D eigenvalue weighted by molar-refractivity contribution is 9.10. The van der Waals surface area contributed by atoms with Gasteiger partial charge in [-0.2, -0.15) is 5.26 Å². The number of thioether (sulfide) groups is 1. The molecular weight excluding hydrogens is 506 g/mol. The van der Waals surface area contributed by atoms with E-state index in [4.69, 9.17) is 4.74 Å². The third-order valence-electron chi connectivity index (χ3n) is 5.33. The fourth-order valence-corrected chi connectivity index (χ4v) is 4.80. The number of anilines is 1. The Balaban J connectivity index is 1.88. The fourth-order valence-electron chi connectivity index (χ4n) is 3.53. The van der Waals surface area contributed by atoms with Gasteiger partial charge in [-0.05, 0) is 54.8 Å². The zero-order chi connectivity index (χ0) is 24.1. The van der Waals surface area contributed by atoms with Gasteiger partial charge in [0.15, 0.2) is 0 Å². The van der Waals surface area contributed by atoms with Gasteiger partial charge in [0, 0.05) is 16.1 Å². The topological polar surface area (TPSA) is 108 Å². The van der Waals surface area contributed by atoms with Gasteiger partial charge in [-0.25, -0.2) is 0 Å². The average molecular weight is 528 g/mol. The molecule has 0 radical (unpaired) electrons. The summed E-state index contributed by atoms with van der Waals surface area (Å²) in [6.07, 6.45) is 0. The average Bonchev–Trinajstić information content (AvgIpc) is 2.79. The van der Waals surface area contributed by atoms with Crippen molar-refractivity contribution in [3.8, 4) is 6.07 Å². The largest absolute Gasteiger partial charge is 0.468 e. The van der Waals surface area contributed by atoms with Crippen LogP contribution in [0, 0.1) is 31.1 Å². The first-order valence-electron chi connectivity index (χ1n) is 10.0. The number of esters is 1. The van der Waals surface area contributed by atoms with Crippen molar-refractivity contribution in [2.45, 2.75) is 19.8 Å². The number of carbonyl (C=O) groups excluding carboxylic acids is 3. The van der Waals surface area contributed by atoms with E-state index in [1.165, 1.54) is 7.11 Å². The lowest BCUT2D eigenvalue weighted by atomic mass is 9.78. The van der Waals surface area contributed by atoms with Gasteiger partial charge >= 0.3 is 5.97 Å². The zero-order valence-corrected chi connectivity index (χ0v) is 20.7. The molecule has 0 unspecified atom stereocenters. The van der Waals surface area contributed by atoms with Crippen molar-refractivity contribution in [1.29, 1.82) is 5.26 Å². The number of rotatable bonds is 6. The van der Waals surface area contributed by atoms with E-state index in [0.29, 0.717) is 11.3 Å². The summed E-state index contributed by atoms with van der Waals surface area (Å²) in [6, 6.07) is 14.8. The molecule has 0 aliphatic carbocycles. The Labute approximate surface area is 204 Å². The predicted molar refractivity (Wildman–Crippen MR) is 130 cm³/mol. The Hall–Kier alpha value is -3.09. The van der Waals surface area contributed by atoms with E-state index in [-0.39, 0.29) is 22.3 Å². The molecule has 1 aliphatic rings. The van der Waals surface area contributed by atoms with E-state index in [2.05, 4.69) is 32.6 Å². The second-order valence-corrected chi connectivity index (χ2v) is 9.41. The van der Waals surface area contributed by atoms with Gasteiger partial charge in [0.2, 0.25) is 11.8 Å². The molecule has 3 rings (SSSR count). The molecule has 1 aliphatic heterocycles. The number of benzene rings is 2. The smallest absolute Gasteiger partial charge is 0.319 e. The standard InChI is InChI=1S/C24H22BrN3O4S/c1-13-7-8-17(9-14(13)2)27-19(29)12-33-23-18(11-26)20(15-5-4-6-16(25)10-15)21(22(30)28-23)24(31)32-3/h4-10,20-21H,12H2,1-3H3,(H,27,29)(H,28,30)/t20-,21+/m0/s1. The first kappa shape index (κ1) is 24.6. The van der Waals surface area contributed by atoms with E-state index in [9.17, 15) is 19.6 Å². The molecule has 2 amide bonds. The number of carbonyl (C=O) groups is 3. The number of hydrogen-bond donors (Lipinski definition) is 2. The number of amides is 2. The predicted octanol–water partition coefficient (Wildman–Crippen LogP) is 4.18. The molecule has 0 fully saturated rings. The molecule has 7 nitrogen and oxygen atoms in total. The maximum absolute atomic E-state index is 12.9. The third-order valence-corrected chi connectivity index (χ3v) is 6.84. The highest BCUT2D eigenvalue weighted by Gasteiger charge is 2.44. The van der Waals surface area contributed by atoms with Gasteiger partial charge in [0.05, 0.1) is 29.5 Å². The Morgan fingerprint density at radius 3 is 2.61 bits per heavy atom. The molecule has 0 saturated carbocycles. The van der Waals surface area contributed by atoms with Gasteiger partial charge in [0.25, 0.3) is 0 Å². The summed E-state index contributed by atoms with van der Waals surface area (Å²) in [4.78, 5) is 37.8. The molecule has 9 heteroatoms. The van der Waals surface area contributed by atoms with Crippen molar-refractivity contribution in [2.24, 2.45) is 5.92 Å². The minimum absolute atomic E-state index is 0.0260. The number of ether oxygens (including phenoxy) is 1. The molecule has 2 N–H and O–H groups in total. The summed E-state index contributed by atoms with van der Waals surface area (Å²) in [6.45, 7) is 3.95. The van der Waals surface area contributed by atoms with Crippen molar-refractivity contribution in [1.82, 2.24) is 5.32 Å². The second kappa shape index (κ2) is 10.7. The van der Waals surface area contributed by atoms with Gasteiger partial charge in [-0.3, -0.25) is 14.4 Å². The van der Waals surface area contributed by atoms with E-state index in [0.717, 1.165) is 27.4 Å². The van der Waals surface area contributed by atoms with Crippen LogP contribution in [0.2, 0.25) is 0 Å². The molecule has 0 aromatic heterocycles. The number of aryl methyl sites for hydroxylation is 2. The van der Waals surface area contributed by atoms with E-state index in [1.807, 2.05) is 38.1 Å². The number of nitriles is 1. The van der Waals surface area contributed by atoms with E-state index < -0.39 is 23.7 Å². The highest BCUT2D eigenvalue weighted by Crippen LogP contribution is 2.40. The first-order chi connectivity index (χ1) is 15.7. The molecule has 2 atom stereocenters. The van der Waals surface area contributed by atoms with Gasteiger partial charge in [0.1, 0.15) is 5.92 Å². The molecule has 33 heavy (non-hydrogen) atoms. The van der Waals surface area contributed by atoms with Crippen LogP contribution in [-0.4, -0.2) is 30.6 Å². The summed E-state index contributed by atoms with van der Waals surface area (Å²) in [5, 5.41) is 15.6. The number of halogens is 1. The van der Waals surface area contributed by atoms with Crippen LogP contribution in [0.3, 0.4) is 0 Å². The normalized spacial score (nSPS) is 17.7. The monoisotopic (exact) mass is 527 g/mol. The number of allylic oxidation sites excluding steroid dienone is 1. The minimum Gasteiger partial charge on any atom is -0.468 e. The van der Waals surface area contributed by atoms with Crippen LogP contribution in [0.5, 0.6) is 0 Å². The summed E-state index contributed by atoms with van der Waals surface area (Å²) >= 11 is 4.43. The van der Waals surface area contributed by atoms with Crippen molar-refractivity contribution in [3.05, 3.63) is 74.2 Å². The Bertz CT molecular complexity index is 1190. The highest BCUT2D eigenvalue weighted by atomic mass is 79.9. The van der Waals surface area contributed by atoms with Crippen molar-refractivity contribution in [3.63, 3.8) is 0 Å². The molecule has 0 saturated heterocycles. The Morgan fingerprint density at radius 1 is 1.21 bits per heavy atom. The van der Waals surface area contributed by atoms with Crippen molar-refractivity contribution in [2.75, 3.05) is 18.2 Å². The van der Waals surface area contributed by atoms with Gasteiger partial charge in [-0.15, -0.1) is 0 Å². The maximum Gasteiger partial charge on any atom is 0.319 e. The lowest BCUT2D eigenvalue weighted by molar-refractivity contribution is -0.150. The number of methoxy groups -OCH3 is 1. The molecule has 1 heterocycles. The summed E-state index contributed by atoms with van der Waals surface area (Å²) in [7, 11) is 1.20. The molecule has 0 bridgehead atoms. The fraction of sp³-hybridized carbons (Fsp3) is 0.250. The Kier molecular flexibility index (Phi) is 7.95. The zero-order valence-electron chi connectivity index (χ0n) is 18.3. The summed E-state index contributed by atoms with van der Waals surface area (Å²) in [5.41, 5.74) is 3.66. The third kappa shape index (κ3) is 5.64. The number of hydrogen-bond acceptors (Lipinski definition) is 6. The molecule has 2 aromatic rings. The minimum atomic E-state index is -1.22. The van der Waals surface area contributed by atoms with Gasteiger partial charge in [-0.1, -0.05) is 45.9 Å².